The second-order valence-corrected chi connectivity index (χ2v) is 7.75. The highest BCUT2D eigenvalue weighted by Gasteiger charge is 2.31. The lowest BCUT2D eigenvalue weighted by molar-refractivity contribution is -0.147. The molecule has 0 spiro atoms. The molecule has 1 unspecified atom stereocenters. The van der Waals surface area contributed by atoms with E-state index < -0.39 is 36.4 Å². The van der Waals surface area contributed by atoms with Crippen LogP contribution >= 0.6 is 11.8 Å². The van der Waals surface area contributed by atoms with E-state index in [-0.39, 0.29) is 0 Å². The monoisotopic (exact) mass is 382 g/mol. The summed E-state index contributed by atoms with van der Waals surface area (Å²) in [6.07, 6.45) is 1.96. The molecule has 9 nitrogen and oxygen atoms in total. The van der Waals surface area contributed by atoms with E-state index in [1.54, 1.807) is 0 Å². The zero-order valence-corrected chi connectivity index (χ0v) is 15.0. The Morgan fingerprint density at radius 2 is 2.15 bits per heavy atom. The lowest BCUT2D eigenvalue weighted by Gasteiger charge is -2.23. The summed E-state index contributed by atoms with van der Waals surface area (Å²) in [6.45, 7) is 0.441. The first-order valence-electron chi connectivity index (χ1n) is 8.57. The largest absolute Gasteiger partial charge is 0.481 e. The average Bonchev–Trinajstić information content (AvgIpc) is 3.04. The van der Waals surface area contributed by atoms with Crippen LogP contribution < -0.4 is 10.6 Å². The number of carbonyl (C=O) groups is 3. The maximum atomic E-state index is 12.3. The topological polar surface area (TPSA) is 144 Å². The van der Waals surface area contributed by atoms with Crippen LogP contribution in [0.4, 0.5) is 0 Å². The second-order valence-electron chi connectivity index (χ2n) is 6.60. The third-order valence-electron chi connectivity index (χ3n) is 4.66. The zero-order chi connectivity index (χ0) is 18.7. The second kappa shape index (κ2) is 8.09. The van der Waals surface area contributed by atoms with Crippen molar-refractivity contribution in [2.24, 2.45) is 0 Å². The van der Waals surface area contributed by atoms with Crippen LogP contribution in [0, 0.1) is 0 Å². The number of amides is 1. The summed E-state index contributed by atoms with van der Waals surface area (Å²) in [5, 5.41) is 23.2. The van der Waals surface area contributed by atoms with Crippen LogP contribution in [0.15, 0.2) is 0 Å². The Bertz CT molecular complexity index is 701. The molecule has 3 rings (SSSR count). The minimum Gasteiger partial charge on any atom is -0.481 e. The number of carboxylic acids is 2. The van der Waals surface area contributed by atoms with Gasteiger partial charge in [0.05, 0.1) is 23.9 Å². The number of aliphatic carboxylic acids is 2. The first kappa shape index (κ1) is 18.7. The molecule has 3 atom stereocenters. The number of H-pyrrole nitrogens is 1. The number of thioether (sulfide) groups is 1. The fourth-order valence-electron chi connectivity index (χ4n) is 3.26. The predicted octanol–water partition coefficient (Wildman–Crippen LogP) is 0.0787. The molecule has 1 saturated heterocycles. The van der Waals surface area contributed by atoms with Crippen LogP contribution in [0.5, 0.6) is 0 Å². The number of aromatic amines is 1. The van der Waals surface area contributed by atoms with Gasteiger partial charge in [0.1, 0.15) is 11.9 Å². The van der Waals surface area contributed by atoms with Crippen LogP contribution in [0.25, 0.3) is 0 Å². The van der Waals surface area contributed by atoms with Gasteiger partial charge in [-0.15, -0.1) is 0 Å². The first-order chi connectivity index (χ1) is 12.4. The van der Waals surface area contributed by atoms with Gasteiger partial charge in [-0.05, 0) is 18.6 Å². The average molecular weight is 382 g/mol. The Kier molecular flexibility index (Phi) is 5.82. The van der Waals surface area contributed by atoms with Crippen molar-refractivity contribution in [3.05, 3.63) is 17.2 Å². The van der Waals surface area contributed by atoms with Crippen molar-refractivity contribution >= 4 is 29.6 Å². The fourth-order valence-corrected chi connectivity index (χ4v) is 4.40. The van der Waals surface area contributed by atoms with Gasteiger partial charge in [0.2, 0.25) is 5.91 Å². The number of nitrogens with zero attached hydrogens (tertiary/aromatic N) is 1. The van der Waals surface area contributed by atoms with Gasteiger partial charge in [0.15, 0.2) is 0 Å². The van der Waals surface area contributed by atoms with Gasteiger partial charge in [-0.3, -0.25) is 14.9 Å². The van der Waals surface area contributed by atoms with E-state index in [9.17, 15) is 14.4 Å². The van der Waals surface area contributed by atoms with Crippen molar-refractivity contribution in [3.63, 3.8) is 0 Å². The summed E-state index contributed by atoms with van der Waals surface area (Å²) in [5.74, 6) is 0.411. The van der Waals surface area contributed by atoms with Gasteiger partial charge in [0, 0.05) is 24.6 Å². The molecule has 142 valence electrons. The highest BCUT2D eigenvalue weighted by atomic mass is 32.2. The molecule has 0 aliphatic carbocycles. The molecule has 10 heteroatoms. The molecule has 2 aliphatic heterocycles. The van der Waals surface area contributed by atoms with Crippen LogP contribution in [0.1, 0.15) is 42.4 Å². The number of rotatable bonds is 6. The van der Waals surface area contributed by atoms with Crippen LogP contribution in [-0.2, 0) is 27.3 Å². The molecule has 1 amide bonds. The summed E-state index contributed by atoms with van der Waals surface area (Å²) < 4.78 is 0. The number of imidazole rings is 1. The van der Waals surface area contributed by atoms with E-state index in [1.807, 2.05) is 11.8 Å². The zero-order valence-electron chi connectivity index (χ0n) is 14.2. The van der Waals surface area contributed by atoms with Crippen molar-refractivity contribution in [2.75, 3.05) is 11.5 Å². The maximum Gasteiger partial charge on any atom is 0.326 e. The summed E-state index contributed by atoms with van der Waals surface area (Å²) in [6, 6.07) is -2.08. The van der Waals surface area contributed by atoms with Crippen LogP contribution in [-0.4, -0.2) is 61.6 Å². The van der Waals surface area contributed by atoms with E-state index >= 15 is 0 Å². The highest BCUT2D eigenvalue weighted by molar-refractivity contribution is 7.99. The number of fused-ring (bicyclic) bond motifs is 1. The van der Waals surface area contributed by atoms with Crippen molar-refractivity contribution in [2.45, 2.75) is 50.2 Å². The summed E-state index contributed by atoms with van der Waals surface area (Å²) in [4.78, 5) is 42.2. The Morgan fingerprint density at radius 1 is 1.35 bits per heavy atom. The van der Waals surface area contributed by atoms with Crippen molar-refractivity contribution in [3.8, 4) is 0 Å². The van der Waals surface area contributed by atoms with Crippen LogP contribution in [0.2, 0.25) is 0 Å². The number of nitrogens with one attached hydrogen (secondary N) is 3. The minimum atomic E-state index is -1.45. The molecule has 0 saturated carbocycles. The quantitative estimate of drug-likeness (QED) is 0.465. The molecule has 1 fully saturated rings. The highest BCUT2D eigenvalue weighted by Crippen LogP contribution is 2.30. The van der Waals surface area contributed by atoms with Crippen LogP contribution in [0.3, 0.4) is 0 Å². The molecule has 2 aliphatic rings. The van der Waals surface area contributed by atoms with E-state index in [0.29, 0.717) is 18.9 Å². The van der Waals surface area contributed by atoms with Gasteiger partial charge < -0.3 is 20.5 Å². The third kappa shape index (κ3) is 4.36. The molecule has 0 bridgehead atoms. The summed E-state index contributed by atoms with van der Waals surface area (Å²) >= 11 is 1.92. The van der Waals surface area contributed by atoms with Gasteiger partial charge >= 0.3 is 11.9 Å². The Hall–Kier alpha value is -2.07. The van der Waals surface area contributed by atoms with Gasteiger partial charge in [-0.25, -0.2) is 9.78 Å². The standard InChI is InChI=1S/C16H22N4O5S/c21-13(22)5-11(16(24)25)20-15(23)10-4-9-12(6-17-10)19-14(18-9)8-2-1-3-26-7-8/h8,10-11,17H,1-7H2,(H,18,19)(H,20,23)(H,21,22)(H,24,25)/t8?,10-,11-/m0/s1. The van der Waals surface area contributed by atoms with Crippen molar-refractivity contribution in [1.82, 2.24) is 20.6 Å². The number of carboxylic acid groups (broad SMARTS) is 2. The van der Waals surface area contributed by atoms with E-state index in [2.05, 4.69) is 20.6 Å². The lowest BCUT2D eigenvalue weighted by Crippen LogP contribution is -2.52. The normalized spacial score (nSPS) is 23.7. The number of carbonyl (C=O) groups excluding carboxylic acids is 1. The van der Waals surface area contributed by atoms with Gasteiger partial charge in [0.25, 0.3) is 0 Å². The van der Waals surface area contributed by atoms with E-state index in [0.717, 1.165) is 29.4 Å². The molecular formula is C16H22N4O5S. The van der Waals surface area contributed by atoms with Gasteiger partial charge in [-0.1, -0.05) is 0 Å². The molecular weight excluding hydrogens is 360 g/mol. The molecule has 3 heterocycles. The lowest BCUT2D eigenvalue weighted by atomic mass is 10.0. The Morgan fingerprint density at radius 3 is 2.81 bits per heavy atom. The maximum absolute atomic E-state index is 12.3. The fraction of sp³-hybridized carbons (Fsp3) is 0.625. The third-order valence-corrected chi connectivity index (χ3v) is 5.88. The van der Waals surface area contributed by atoms with Gasteiger partial charge in [-0.2, -0.15) is 11.8 Å². The number of aromatic nitrogens is 2. The predicted molar refractivity (Wildman–Crippen MR) is 94.0 cm³/mol. The Balaban J connectivity index is 1.63. The smallest absolute Gasteiger partial charge is 0.326 e. The van der Waals surface area contributed by atoms with E-state index in [1.165, 1.54) is 12.2 Å². The van der Waals surface area contributed by atoms with Crippen molar-refractivity contribution in [1.29, 1.82) is 0 Å². The molecule has 0 aromatic carbocycles. The number of hydrogen-bond acceptors (Lipinski definition) is 6. The SMILES string of the molecule is O=C(O)C[C@H](NC(=O)[C@@H]1Cc2nc(C3CCCSC3)[nH]c2CN1)C(=O)O. The molecule has 1 aromatic heterocycles. The Labute approximate surface area is 154 Å². The minimum absolute atomic E-state index is 0.344. The molecule has 5 N–H and O–H groups in total. The molecule has 26 heavy (non-hydrogen) atoms. The molecule has 0 radical (unpaired) electrons. The van der Waals surface area contributed by atoms with E-state index in [4.69, 9.17) is 10.2 Å². The summed E-state index contributed by atoms with van der Waals surface area (Å²) in [7, 11) is 0. The first-order valence-corrected chi connectivity index (χ1v) is 9.73. The number of hydrogen-bond donors (Lipinski definition) is 5. The van der Waals surface area contributed by atoms with Crippen molar-refractivity contribution < 1.29 is 24.6 Å². The molecule has 1 aromatic rings. The summed E-state index contributed by atoms with van der Waals surface area (Å²) in [5.41, 5.74) is 1.78.